The van der Waals surface area contributed by atoms with Gasteiger partial charge in [0.15, 0.2) is 0 Å². The van der Waals surface area contributed by atoms with Crippen LogP contribution < -0.4 is 11.3 Å². The molecule has 110 valence electrons. The number of fused-ring (bicyclic) bond motifs is 3. The Balaban J connectivity index is 2.45. The van der Waals surface area contributed by atoms with Crippen molar-refractivity contribution >= 4 is 33.4 Å². The average Bonchev–Trinajstić information content (AvgIpc) is 2.85. The quantitative estimate of drug-likeness (QED) is 0.780. The fourth-order valence-electron chi connectivity index (χ4n) is 2.63. The lowest BCUT2D eigenvalue weighted by molar-refractivity contribution is 0.494. The second-order valence-electron chi connectivity index (χ2n) is 5.49. The summed E-state index contributed by atoms with van der Waals surface area (Å²) >= 11 is 6.11. The number of halogens is 1. The van der Waals surface area contributed by atoms with Crippen molar-refractivity contribution in [2.45, 2.75) is 20.4 Å². The number of aromatic nitrogens is 3. The third-order valence-corrected chi connectivity index (χ3v) is 4.04. The Kier molecular flexibility index (Phi) is 3.47. The molecule has 0 unspecified atom stereocenters. The molecule has 0 amide bonds. The number of H-pyrrole nitrogens is 1. The molecule has 2 heterocycles. The van der Waals surface area contributed by atoms with Crippen LogP contribution in [0.2, 0.25) is 5.02 Å². The number of aryl methyl sites for hydroxylation is 1. The van der Waals surface area contributed by atoms with Crippen molar-refractivity contribution in [3.63, 3.8) is 0 Å². The molecule has 1 atom stereocenters. The molecule has 0 radical (unpaired) electrons. The van der Waals surface area contributed by atoms with Crippen LogP contribution in [0.5, 0.6) is 0 Å². The normalized spacial score (nSPS) is 13.1. The lowest BCUT2D eigenvalue weighted by Crippen LogP contribution is -2.27. The number of pyridine rings is 1. The molecule has 0 aliphatic rings. The first kappa shape index (κ1) is 14.1. The minimum Gasteiger partial charge on any atom is -0.330 e. The number of rotatable bonds is 3. The van der Waals surface area contributed by atoms with Crippen LogP contribution in [0.25, 0.3) is 21.8 Å². The van der Waals surface area contributed by atoms with Gasteiger partial charge in [-0.05, 0) is 37.6 Å². The van der Waals surface area contributed by atoms with E-state index in [9.17, 15) is 4.79 Å². The van der Waals surface area contributed by atoms with E-state index in [0.29, 0.717) is 29.0 Å². The number of hydrogen-bond donors (Lipinski definition) is 2. The predicted molar refractivity (Wildman–Crippen MR) is 85.8 cm³/mol. The molecule has 0 aliphatic heterocycles. The van der Waals surface area contributed by atoms with Crippen LogP contribution in [-0.4, -0.2) is 21.3 Å². The molecule has 21 heavy (non-hydrogen) atoms. The fraction of sp³-hybridized carbons (Fsp3) is 0.333. The summed E-state index contributed by atoms with van der Waals surface area (Å²) in [6.07, 6.45) is 0. The van der Waals surface area contributed by atoms with Gasteiger partial charge in [0, 0.05) is 22.6 Å². The van der Waals surface area contributed by atoms with Gasteiger partial charge in [-0.3, -0.25) is 9.89 Å². The van der Waals surface area contributed by atoms with Gasteiger partial charge < -0.3 is 10.3 Å². The predicted octanol–water partition coefficient (Wildman–Crippen LogP) is 2.43. The number of nitrogens with two attached hydrogens (primary N) is 1. The molecule has 3 rings (SSSR count). The van der Waals surface area contributed by atoms with Gasteiger partial charge >= 0.3 is 0 Å². The van der Waals surface area contributed by atoms with Crippen molar-refractivity contribution in [1.29, 1.82) is 0 Å². The van der Waals surface area contributed by atoms with Gasteiger partial charge in [-0.1, -0.05) is 18.5 Å². The van der Waals surface area contributed by atoms with Gasteiger partial charge in [0.2, 0.25) is 0 Å². The molecule has 6 heteroatoms. The van der Waals surface area contributed by atoms with Crippen LogP contribution in [0.3, 0.4) is 0 Å². The van der Waals surface area contributed by atoms with Crippen LogP contribution in [0, 0.1) is 12.8 Å². The summed E-state index contributed by atoms with van der Waals surface area (Å²) in [6.45, 7) is 4.99. The van der Waals surface area contributed by atoms with E-state index in [2.05, 4.69) is 10.2 Å². The van der Waals surface area contributed by atoms with Crippen LogP contribution in [-0.2, 0) is 6.54 Å². The van der Waals surface area contributed by atoms with Gasteiger partial charge in [-0.15, -0.1) is 0 Å². The SMILES string of the molecule is Cc1[nH]nc2c1c(=O)n(C[C@H](C)CN)c1ccc(Cl)cc21. The highest BCUT2D eigenvalue weighted by molar-refractivity contribution is 6.31. The Morgan fingerprint density at radius 1 is 1.48 bits per heavy atom. The third kappa shape index (κ3) is 2.22. The Bertz CT molecular complexity index is 881. The first-order valence-corrected chi connectivity index (χ1v) is 7.27. The molecule has 2 aromatic heterocycles. The summed E-state index contributed by atoms with van der Waals surface area (Å²) in [7, 11) is 0. The van der Waals surface area contributed by atoms with Crippen LogP contribution in [0.1, 0.15) is 12.6 Å². The van der Waals surface area contributed by atoms with Crippen LogP contribution in [0.4, 0.5) is 0 Å². The highest BCUT2D eigenvalue weighted by Gasteiger charge is 2.16. The first-order chi connectivity index (χ1) is 10.0. The summed E-state index contributed by atoms with van der Waals surface area (Å²) < 4.78 is 1.77. The Labute approximate surface area is 126 Å². The topological polar surface area (TPSA) is 76.7 Å². The van der Waals surface area contributed by atoms with Crippen LogP contribution >= 0.6 is 11.6 Å². The third-order valence-electron chi connectivity index (χ3n) is 3.81. The highest BCUT2D eigenvalue weighted by atomic mass is 35.5. The lowest BCUT2D eigenvalue weighted by atomic mass is 10.1. The smallest absolute Gasteiger partial charge is 0.262 e. The minimum atomic E-state index is -0.0358. The number of nitrogens with one attached hydrogen (secondary N) is 1. The van der Waals surface area contributed by atoms with E-state index in [0.717, 1.165) is 16.6 Å². The van der Waals surface area contributed by atoms with E-state index in [1.807, 2.05) is 26.0 Å². The second-order valence-corrected chi connectivity index (χ2v) is 5.93. The van der Waals surface area contributed by atoms with Crippen molar-refractivity contribution in [2.75, 3.05) is 6.54 Å². The molecular weight excluding hydrogens is 288 g/mol. The maximum absolute atomic E-state index is 12.8. The van der Waals surface area contributed by atoms with Gasteiger partial charge in [0.1, 0.15) is 5.52 Å². The summed E-state index contributed by atoms with van der Waals surface area (Å²) in [5.41, 5.74) is 7.95. The molecule has 0 saturated carbocycles. The van der Waals surface area contributed by atoms with Gasteiger partial charge in [0.25, 0.3) is 5.56 Å². The van der Waals surface area contributed by atoms with E-state index in [-0.39, 0.29) is 11.5 Å². The largest absolute Gasteiger partial charge is 0.330 e. The Morgan fingerprint density at radius 2 is 2.24 bits per heavy atom. The highest BCUT2D eigenvalue weighted by Crippen LogP contribution is 2.26. The zero-order valence-corrected chi connectivity index (χ0v) is 12.7. The molecule has 0 fully saturated rings. The minimum absolute atomic E-state index is 0.0358. The molecule has 0 spiro atoms. The van der Waals surface area contributed by atoms with Crippen molar-refractivity contribution in [3.05, 3.63) is 39.3 Å². The molecule has 0 bridgehead atoms. The average molecular weight is 305 g/mol. The molecule has 3 N–H and O–H groups in total. The van der Waals surface area contributed by atoms with Gasteiger partial charge in [-0.2, -0.15) is 5.10 Å². The zero-order chi connectivity index (χ0) is 15.1. The van der Waals surface area contributed by atoms with E-state index in [4.69, 9.17) is 17.3 Å². The summed E-state index contributed by atoms with van der Waals surface area (Å²) in [6, 6.07) is 5.51. The first-order valence-electron chi connectivity index (χ1n) is 6.89. The Morgan fingerprint density at radius 3 is 2.95 bits per heavy atom. The number of aromatic amines is 1. The molecule has 0 aliphatic carbocycles. The number of nitrogens with zero attached hydrogens (tertiary/aromatic N) is 2. The van der Waals surface area contributed by atoms with Crippen molar-refractivity contribution < 1.29 is 0 Å². The summed E-state index contributed by atoms with van der Waals surface area (Å²) in [5, 5.41) is 9.29. The van der Waals surface area contributed by atoms with E-state index < -0.39 is 0 Å². The lowest BCUT2D eigenvalue weighted by Gasteiger charge is -2.15. The monoisotopic (exact) mass is 304 g/mol. The number of benzene rings is 1. The molecule has 0 saturated heterocycles. The van der Waals surface area contributed by atoms with E-state index in [1.54, 1.807) is 10.6 Å². The molecular formula is C15H17ClN4O. The van der Waals surface area contributed by atoms with Crippen molar-refractivity contribution in [3.8, 4) is 0 Å². The van der Waals surface area contributed by atoms with Crippen LogP contribution in [0.15, 0.2) is 23.0 Å². The van der Waals surface area contributed by atoms with Crippen molar-refractivity contribution in [1.82, 2.24) is 14.8 Å². The molecule has 5 nitrogen and oxygen atoms in total. The van der Waals surface area contributed by atoms with Crippen molar-refractivity contribution in [2.24, 2.45) is 11.7 Å². The maximum atomic E-state index is 12.8. The van der Waals surface area contributed by atoms with E-state index >= 15 is 0 Å². The zero-order valence-electron chi connectivity index (χ0n) is 12.0. The standard InChI is InChI=1S/C15H17ClN4O/c1-8(6-17)7-20-12-4-3-10(16)5-11(12)14-13(15(20)21)9(2)18-19-14/h3-5,8H,6-7,17H2,1-2H3,(H,18,19)/t8-/m1/s1. The summed E-state index contributed by atoms with van der Waals surface area (Å²) in [4.78, 5) is 12.8. The Hall–Kier alpha value is -1.85. The molecule has 1 aromatic carbocycles. The van der Waals surface area contributed by atoms with Gasteiger partial charge in [-0.25, -0.2) is 0 Å². The van der Waals surface area contributed by atoms with E-state index in [1.165, 1.54) is 0 Å². The fourth-order valence-corrected chi connectivity index (χ4v) is 2.80. The second kappa shape index (κ2) is 5.16. The number of hydrogen-bond acceptors (Lipinski definition) is 3. The molecule has 3 aromatic rings. The summed E-state index contributed by atoms with van der Waals surface area (Å²) in [5.74, 6) is 0.214. The van der Waals surface area contributed by atoms with Gasteiger partial charge in [0.05, 0.1) is 10.9 Å². The maximum Gasteiger partial charge on any atom is 0.262 e.